The largest absolute Gasteiger partial charge is 0.507 e. The first-order chi connectivity index (χ1) is 17.7. The van der Waals surface area contributed by atoms with Gasteiger partial charge in [-0.3, -0.25) is 9.59 Å². The molecule has 0 bridgehead atoms. The lowest BCUT2D eigenvalue weighted by Gasteiger charge is -2.44. The maximum atomic E-state index is 14.0. The van der Waals surface area contributed by atoms with Crippen molar-refractivity contribution in [2.24, 2.45) is 0 Å². The second kappa shape index (κ2) is 12.8. The van der Waals surface area contributed by atoms with Gasteiger partial charge < -0.3 is 30.5 Å². The minimum absolute atomic E-state index is 0.113. The third kappa shape index (κ3) is 7.95. The van der Waals surface area contributed by atoms with Crippen molar-refractivity contribution >= 4 is 17.9 Å². The van der Waals surface area contributed by atoms with Crippen LogP contribution in [0.2, 0.25) is 0 Å². The van der Waals surface area contributed by atoms with Gasteiger partial charge in [0.05, 0.1) is 6.61 Å². The van der Waals surface area contributed by atoms with Crippen molar-refractivity contribution in [2.75, 3.05) is 6.61 Å². The van der Waals surface area contributed by atoms with E-state index in [4.69, 9.17) is 4.74 Å². The summed E-state index contributed by atoms with van der Waals surface area (Å²) < 4.78 is 5.28. The molecule has 0 saturated heterocycles. The first kappa shape index (κ1) is 30.6. The van der Waals surface area contributed by atoms with Crippen molar-refractivity contribution in [3.05, 3.63) is 65.2 Å². The highest BCUT2D eigenvalue weighted by Crippen LogP contribution is 2.37. The standard InChI is InChI=1S/C29H41N3O6/c1-8-29(6,7)32(26(36)22(18-33)31-27(37)38-28(3,4)5)23(21-16-12-13-19(2)24(21)34)25(35)30-17-20-14-10-9-11-15-20/h9-16,22-23,33-34H,8,17-18H2,1-7H3,(H,30,35)(H,31,37). The van der Waals surface area contributed by atoms with Crippen molar-refractivity contribution in [1.82, 2.24) is 15.5 Å². The fraction of sp³-hybridized carbons (Fsp3) is 0.483. The predicted octanol–water partition coefficient (Wildman–Crippen LogP) is 3.96. The topological polar surface area (TPSA) is 128 Å². The average Bonchev–Trinajstić information content (AvgIpc) is 2.85. The number of alkyl carbamates (subject to hydrolysis) is 1. The molecular weight excluding hydrogens is 486 g/mol. The zero-order valence-corrected chi connectivity index (χ0v) is 23.4. The molecule has 3 amide bonds. The van der Waals surface area contributed by atoms with Gasteiger partial charge in [0, 0.05) is 17.6 Å². The molecule has 0 aromatic heterocycles. The summed E-state index contributed by atoms with van der Waals surface area (Å²) in [4.78, 5) is 41.6. The Balaban J connectivity index is 2.57. The Kier molecular flexibility index (Phi) is 10.3. The van der Waals surface area contributed by atoms with Crippen LogP contribution in [0, 0.1) is 6.92 Å². The number of aromatic hydroxyl groups is 1. The summed E-state index contributed by atoms with van der Waals surface area (Å²) in [5.74, 6) is -1.32. The summed E-state index contributed by atoms with van der Waals surface area (Å²) >= 11 is 0. The van der Waals surface area contributed by atoms with Crippen LogP contribution in [0.3, 0.4) is 0 Å². The van der Waals surface area contributed by atoms with Crippen LogP contribution < -0.4 is 10.6 Å². The molecule has 2 aromatic rings. The number of benzene rings is 2. The van der Waals surface area contributed by atoms with E-state index in [2.05, 4.69) is 10.6 Å². The maximum Gasteiger partial charge on any atom is 0.408 e. The zero-order valence-electron chi connectivity index (χ0n) is 23.4. The Morgan fingerprint density at radius 1 is 1.00 bits per heavy atom. The van der Waals surface area contributed by atoms with E-state index in [-0.39, 0.29) is 17.9 Å². The van der Waals surface area contributed by atoms with Crippen LogP contribution in [0.4, 0.5) is 4.79 Å². The number of hydrogen-bond acceptors (Lipinski definition) is 6. The van der Waals surface area contributed by atoms with Crippen molar-refractivity contribution in [1.29, 1.82) is 0 Å². The van der Waals surface area contributed by atoms with Crippen molar-refractivity contribution in [3.8, 4) is 5.75 Å². The van der Waals surface area contributed by atoms with Gasteiger partial charge in [-0.1, -0.05) is 55.5 Å². The third-order valence-corrected chi connectivity index (χ3v) is 6.31. The van der Waals surface area contributed by atoms with Crippen LogP contribution in [-0.4, -0.2) is 56.8 Å². The number of carbonyl (C=O) groups is 3. The van der Waals surface area contributed by atoms with E-state index >= 15 is 0 Å². The van der Waals surface area contributed by atoms with Gasteiger partial charge in [-0.05, 0) is 59.1 Å². The van der Waals surface area contributed by atoms with Gasteiger partial charge in [-0.25, -0.2) is 4.79 Å². The number of amides is 3. The summed E-state index contributed by atoms with van der Waals surface area (Å²) in [6.07, 6.45) is -0.430. The molecule has 0 heterocycles. The number of rotatable bonds is 10. The van der Waals surface area contributed by atoms with Crippen molar-refractivity contribution in [3.63, 3.8) is 0 Å². The van der Waals surface area contributed by atoms with E-state index in [1.54, 1.807) is 59.7 Å². The molecule has 38 heavy (non-hydrogen) atoms. The average molecular weight is 528 g/mol. The lowest BCUT2D eigenvalue weighted by Crippen LogP contribution is -2.60. The Morgan fingerprint density at radius 2 is 1.63 bits per heavy atom. The molecule has 0 radical (unpaired) electrons. The molecule has 0 saturated carbocycles. The fourth-order valence-electron chi connectivity index (χ4n) is 3.93. The normalized spacial score (nSPS) is 13.3. The number of aryl methyl sites for hydroxylation is 1. The first-order valence-electron chi connectivity index (χ1n) is 12.8. The van der Waals surface area contributed by atoms with Crippen LogP contribution in [0.25, 0.3) is 0 Å². The highest BCUT2D eigenvalue weighted by Gasteiger charge is 2.44. The second-order valence-electron chi connectivity index (χ2n) is 10.9. The Morgan fingerprint density at radius 3 is 2.18 bits per heavy atom. The lowest BCUT2D eigenvalue weighted by molar-refractivity contribution is -0.150. The summed E-state index contributed by atoms with van der Waals surface area (Å²) in [7, 11) is 0. The molecule has 0 spiro atoms. The monoisotopic (exact) mass is 527 g/mol. The van der Waals surface area contributed by atoms with E-state index in [0.29, 0.717) is 12.0 Å². The molecule has 0 fully saturated rings. The minimum atomic E-state index is -1.38. The summed E-state index contributed by atoms with van der Waals surface area (Å²) in [6.45, 7) is 11.7. The van der Waals surface area contributed by atoms with Gasteiger partial charge in [0.1, 0.15) is 23.4 Å². The van der Waals surface area contributed by atoms with Crippen LogP contribution in [0.15, 0.2) is 48.5 Å². The Hall–Kier alpha value is -3.59. The van der Waals surface area contributed by atoms with E-state index in [1.165, 1.54) is 4.90 Å². The number of ether oxygens (including phenoxy) is 1. The molecule has 2 rings (SSSR count). The number of phenolic OH excluding ortho intramolecular Hbond substituents is 1. The summed E-state index contributed by atoms with van der Waals surface area (Å²) in [6, 6.07) is 11.7. The molecule has 2 atom stereocenters. The quantitative estimate of drug-likeness (QED) is 0.370. The number of carbonyl (C=O) groups excluding carboxylic acids is 3. The summed E-state index contributed by atoms with van der Waals surface area (Å²) in [5.41, 5.74) is -0.0936. The Bertz CT molecular complexity index is 1110. The van der Waals surface area contributed by atoms with Gasteiger partial charge in [0.2, 0.25) is 11.8 Å². The van der Waals surface area contributed by atoms with Gasteiger partial charge in [0.25, 0.3) is 0 Å². The highest BCUT2D eigenvalue weighted by atomic mass is 16.6. The van der Waals surface area contributed by atoms with Crippen LogP contribution in [-0.2, 0) is 20.9 Å². The predicted molar refractivity (Wildman–Crippen MR) is 145 cm³/mol. The molecule has 0 aliphatic rings. The SMILES string of the molecule is CCC(C)(C)N(C(=O)C(CO)NC(=O)OC(C)(C)C)C(C(=O)NCc1ccccc1)c1cccc(C)c1O. The third-order valence-electron chi connectivity index (χ3n) is 6.31. The van der Waals surface area contributed by atoms with E-state index < -0.39 is 47.7 Å². The first-order valence-corrected chi connectivity index (χ1v) is 12.8. The van der Waals surface area contributed by atoms with E-state index in [1.807, 2.05) is 37.3 Å². The van der Waals surface area contributed by atoms with Gasteiger partial charge in [0.15, 0.2) is 0 Å². The van der Waals surface area contributed by atoms with Crippen LogP contribution in [0.5, 0.6) is 5.75 Å². The molecule has 2 aromatic carbocycles. The lowest BCUT2D eigenvalue weighted by atomic mass is 9.91. The van der Waals surface area contributed by atoms with E-state index in [0.717, 1.165) is 5.56 Å². The number of hydrogen-bond donors (Lipinski definition) is 4. The smallest absolute Gasteiger partial charge is 0.408 e. The molecular formula is C29H41N3O6. The zero-order chi connectivity index (χ0) is 28.7. The van der Waals surface area contributed by atoms with E-state index in [9.17, 15) is 24.6 Å². The molecule has 4 N–H and O–H groups in total. The molecule has 0 aliphatic carbocycles. The number of aliphatic hydroxyl groups is 1. The molecule has 0 aliphatic heterocycles. The minimum Gasteiger partial charge on any atom is -0.507 e. The number of nitrogens with zero attached hydrogens (tertiary/aromatic N) is 1. The fourth-order valence-corrected chi connectivity index (χ4v) is 3.93. The van der Waals surface area contributed by atoms with Crippen LogP contribution in [0.1, 0.15) is 70.7 Å². The van der Waals surface area contributed by atoms with Gasteiger partial charge >= 0.3 is 6.09 Å². The number of phenols is 1. The molecule has 9 nitrogen and oxygen atoms in total. The summed E-state index contributed by atoms with van der Waals surface area (Å²) in [5, 5.41) is 26.4. The maximum absolute atomic E-state index is 14.0. The molecule has 208 valence electrons. The molecule has 9 heteroatoms. The number of para-hydroxylation sites is 1. The van der Waals surface area contributed by atoms with Crippen molar-refractivity contribution < 1.29 is 29.3 Å². The highest BCUT2D eigenvalue weighted by molar-refractivity contribution is 5.93. The van der Waals surface area contributed by atoms with Gasteiger partial charge in [-0.15, -0.1) is 0 Å². The second-order valence-corrected chi connectivity index (χ2v) is 10.9. The number of aliphatic hydroxyl groups excluding tert-OH is 1. The van der Waals surface area contributed by atoms with Crippen LogP contribution >= 0.6 is 0 Å². The van der Waals surface area contributed by atoms with Gasteiger partial charge in [-0.2, -0.15) is 0 Å². The Labute approximate surface area is 225 Å². The number of nitrogens with one attached hydrogen (secondary N) is 2. The van der Waals surface area contributed by atoms with Crippen molar-refractivity contribution in [2.45, 2.75) is 84.7 Å². The molecule has 2 unspecified atom stereocenters.